The molecule has 0 bridgehead atoms. The van der Waals surface area contributed by atoms with Crippen molar-refractivity contribution in [2.75, 3.05) is 0 Å². The second kappa shape index (κ2) is 3.97. The molecule has 0 aliphatic rings. The number of nitrogens with zero attached hydrogens (tertiary/aromatic N) is 2. The van der Waals surface area contributed by atoms with Crippen LogP contribution in [0.2, 0.25) is 5.02 Å². The Morgan fingerprint density at radius 2 is 1.90 bits per heavy atom. The van der Waals surface area contributed by atoms with Gasteiger partial charge < -0.3 is 4.57 Å². The number of aryl methyl sites for hydroxylation is 2. The van der Waals surface area contributed by atoms with E-state index < -0.39 is 0 Å². The fraction of sp³-hybridized carbons (Fsp3) is 0.118. The van der Waals surface area contributed by atoms with Gasteiger partial charge in [-0.2, -0.15) is 0 Å². The maximum atomic E-state index is 6.38. The number of benzene rings is 2. The van der Waals surface area contributed by atoms with E-state index in [1.165, 1.54) is 5.56 Å². The number of halogens is 1. The normalized spacial score (nSPS) is 11.8. The molecule has 2 nitrogen and oxygen atoms in total. The van der Waals surface area contributed by atoms with Gasteiger partial charge in [0.2, 0.25) is 0 Å². The molecule has 0 amide bonds. The highest BCUT2D eigenvalue weighted by atomic mass is 35.5. The largest absolute Gasteiger partial charge is 0.342 e. The van der Waals surface area contributed by atoms with Gasteiger partial charge in [0.05, 0.1) is 27.1 Å². The number of hydrogen-bond donors (Lipinski definition) is 0. The molecular formula is C17H13ClN2. The lowest BCUT2D eigenvalue weighted by atomic mass is 10.1. The molecule has 4 rings (SSSR count). The third-order valence-corrected chi connectivity index (χ3v) is 4.22. The maximum absolute atomic E-state index is 6.38. The fourth-order valence-electron chi connectivity index (χ4n) is 2.86. The van der Waals surface area contributed by atoms with Crippen molar-refractivity contribution < 1.29 is 0 Å². The molecule has 0 fully saturated rings. The van der Waals surface area contributed by atoms with Crippen LogP contribution in [0.1, 0.15) is 5.56 Å². The number of hydrogen-bond acceptors (Lipinski definition) is 1. The zero-order chi connectivity index (χ0) is 13.9. The van der Waals surface area contributed by atoms with E-state index in [-0.39, 0.29) is 0 Å². The molecule has 0 saturated carbocycles. The van der Waals surface area contributed by atoms with E-state index in [1.807, 2.05) is 12.1 Å². The summed E-state index contributed by atoms with van der Waals surface area (Å²) in [7, 11) is 2.06. The average molecular weight is 281 g/mol. The monoisotopic (exact) mass is 280 g/mol. The van der Waals surface area contributed by atoms with Crippen LogP contribution in [0.25, 0.3) is 32.8 Å². The van der Waals surface area contributed by atoms with Crippen LogP contribution in [0.15, 0.2) is 42.5 Å². The molecule has 2 aromatic heterocycles. The Morgan fingerprint density at radius 3 is 2.75 bits per heavy atom. The summed E-state index contributed by atoms with van der Waals surface area (Å²) in [6.07, 6.45) is 0. The summed E-state index contributed by atoms with van der Waals surface area (Å²) < 4.78 is 2.16. The van der Waals surface area contributed by atoms with E-state index in [9.17, 15) is 0 Å². The number of rotatable bonds is 0. The van der Waals surface area contributed by atoms with Crippen molar-refractivity contribution in [2.45, 2.75) is 6.92 Å². The molecular weight excluding hydrogens is 268 g/mol. The second-order valence-corrected chi connectivity index (χ2v) is 5.65. The van der Waals surface area contributed by atoms with E-state index in [4.69, 9.17) is 16.6 Å². The summed E-state index contributed by atoms with van der Waals surface area (Å²) in [6, 6.07) is 14.5. The van der Waals surface area contributed by atoms with Gasteiger partial charge in [-0.3, -0.25) is 0 Å². The van der Waals surface area contributed by atoms with Crippen LogP contribution in [-0.4, -0.2) is 9.55 Å². The minimum absolute atomic E-state index is 0.757. The zero-order valence-electron chi connectivity index (χ0n) is 11.3. The fourth-order valence-corrected chi connectivity index (χ4v) is 3.12. The van der Waals surface area contributed by atoms with Crippen molar-refractivity contribution in [2.24, 2.45) is 7.05 Å². The molecule has 0 aliphatic heterocycles. The Balaban J connectivity index is 2.30. The van der Waals surface area contributed by atoms with Crippen molar-refractivity contribution >= 4 is 44.4 Å². The molecule has 0 radical (unpaired) electrons. The topological polar surface area (TPSA) is 17.8 Å². The molecule has 20 heavy (non-hydrogen) atoms. The second-order valence-electron chi connectivity index (χ2n) is 5.25. The number of aromatic nitrogens is 2. The van der Waals surface area contributed by atoms with Crippen molar-refractivity contribution in [3.63, 3.8) is 0 Å². The standard InChI is InChI=1S/C17H13ClN2/c1-10-6-7-11-9-15-17(19-13(11)8-10)16-12(18)4-3-5-14(16)20(15)2/h3-9H,1-2H3. The number of pyridine rings is 1. The molecule has 2 heterocycles. The summed E-state index contributed by atoms with van der Waals surface area (Å²) in [5, 5.41) is 2.95. The van der Waals surface area contributed by atoms with Gasteiger partial charge in [0, 0.05) is 17.8 Å². The lowest BCUT2D eigenvalue weighted by molar-refractivity contribution is 1.01. The SMILES string of the molecule is Cc1ccc2cc3c(nc2c1)c1c(Cl)cccc1n3C. The highest BCUT2D eigenvalue weighted by molar-refractivity contribution is 6.37. The first-order chi connectivity index (χ1) is 9.65. The molecule has 4 aromatic rings. The van der Waals surface area contributed by atoms with E-state index in [1.54, 1.807) is 0 Å². The van der Waals surface area contributed by atoms with Gasteiger partial charge in [-0.15, -0.1) is 0 Å². The van der Waals surface area contributed by atoms with E-state index in [0.29, 0.717) is 0 Å². The van der Waals surface area contributed by atoms with Crippen molar-refractivity contribution in [1.82, 2.24) is 9.55 Å². The summed E-state index contributed by atoms with van der Waals surface area (Å²) >= 11 is 6.38. The Morgan fingerprint density at radius 1 is 1.05 bits per heavy atom. The van der Waals surface area contributed by atoms with Crippen LogP contribution in [0.3, 0.4) is 0 Å². The van der Waals surface area contributed by atoms with Gasteiger partial charge in [-0.1, -0.05) is 29.8 Å². The van der Waals surface area contributed by atoms with Gasteiger partial charge in [-0.05, 0) is 36.8 Å². The Labute approximate surface area is 121 Å². The van der Waals surface area contributed by atoms with E-state index in [2.05, 4.69) is 48.9 Å². The summed E-state index contributed by atoms with van der Waals surface area (Å²) in [5.74, 6) is 0. The van der Waals surface area contributed by atoms with E-state index in [0.717, 1.165) is 37.9 Å². The first-order valence-electron chi connectivity index (χ1n) is 6.59. The minimum atomic E-state index is 0.757. The highest BCUT2D eigenvalue weighted by Crippen LogP contribution is 2.33. The predicted octanol–water partition coefficient (Wildman–Crippen LogP) is 4.84. The van der Waals surface area contributed by atoms with Gasteiger partial charge in [0.1, 0.15) is 0 Å². The van der Waals surface area contributed by atoms with Gasteiger partial charge in [0.25, 0.3) is 0 Å². The first-order valence-corrected chi connectivity index (χ1v) is 6.97. The first kappa shape index (κ1) is 11.7. The summed E-state index contributed by atoms with van der Waals surface area (Å²) in [6.45, 7) is 2.08. The van der Waals surface area contributed by atoms with Crippen LogP contribution in [0.5, 0.6) is 0 Å². The molecule has 0 spiro atoms. The Kier molecular flexibility index (Phi) is 2.33. The molecule has 0 atom stereocenters. The van der Waals surface area contributed by atoms with Crippen molar-refractivity contribution in [3.8, 4) is 0 Å². The Bertz CT molecular complexity index is 983. The third-order valence-electron chi connectivity index (χ3n) is 3.90. The van der Waals surface area contributed by atoms with Crippen LogP contribution in [0, 0.1) is 6.92 Å². The minimum Gasteiger partial charge on any atom is -0.342 e. The van der Waals surface area contributed by atoms with Crippen molar-refractivity contribution in [3.05, 3.63) is 53.1 Å². The van der Waals surface area contributed by atoms with Gasteiger partial charge in [0.15, 0.2) is 0 Å². The number of fused-ring (bicyclic) bond motifs is 4. The van der Waals surface area contributed by atoms with Gasteiger partial charge >= 0.3 is 0 Å². The Hall–Kier alpha value is -2.06. The quantitative estimate of drug-likeness (QED) is 0.450. The molecule has 2 aromatic carbocycles. The van der Waals surface area contributed by atoms with Crippen LogP contribution in [0.4, 0.5) is 0 Å². The van der Waals surface area contributed by atoms with Crippen LogP contribution in [-0.2, 0) is 7.05 Å². The summed E-state index contributed by atoms with van der Waals surface area (Å²) in [5.41, 5.74) is 5.45. The van der Waals surface area contributed by atoms with E-state index >= 15 is 0 Å². The smallest absolute Gasteiger partial charge is 0.0982 e. The lowest BCUT2D eigenvalue weighted by Crippen LogP contribution is -1.87. The molecule has 98 valence electrons. The summed E-state index contributed by atoms with van der Waals surface area (Å²) in [4.78, 5) is 4.84. The molecule has 0 unspecified atom stereocenters. The van der Waals surface area contributed by atoms with Gasteiger partial charge in [-0.25, -0.2) is 4.98 Å². The molecule has 0 N–H and O–H groups in total. The molecule has 0 saturated heterocycles. The molecule has 3 heteroatoms. The zero-order valence-corrected chi connectivity index (χ0v) is 12.1. The highest BCUT2D eigenvalue weighted by Gasteiger charge is 2.13. The lowest BCUT2D eigenvalue weighted by Gasteiger charge is -2.01. The average Bonchev–Trinajstić information content (AvgIpc) is 2.71. The van der Waals surface area contributed by atoms with Crippen molar-refractivity contribution in [1.29, 1.82) is 0 Å². The van der Waals surface area contributed by atoms with Crippen LogP contribution >= 0.6 is 11.6 Å². The third kappa shape index (κ3) is 1.49. The van der Waals surface area contributed by atoms with Crippen LogP contribution < -0.4 is 0 Å². The maximum Gasteiger partial charge on any atom is 0.0982 e. The predicted molar refractivity (Wildman–Crippen MR) is 85.5 cm³/mol. The molecule has 0 aliphatic carbocycles.